The summed E-state index contributed by atoms with van der Waals surface area (Å²) in [7, 11) is 0. The third-order valence-electron chi connectivity index (χ3n) is 2.76. The Hall–Kier alpha value is -1.31. The van der Waals surface area contributed by atoms with Crippen molar-refractivity contribution < 1.29 is 9.90 Å². The molecule has 0 aromatic heterocycles. The molecular formula is C14H22O2. The molecule has 1 N–H and O–H groups in total. The van der Waals surface area contributed by atoms with Crippen molar-refractivity contribution in [3.8, 4) is 0 Å². The minimum atomic E-state index is -0.671. The van der Waals surface area contributed by atoms with Gasteiger partial charge < -0.3 is 5.11 Å². The zero-order valence-corrected chi connectivity index (χ0v) is 10.7. The lowest BCUT2D eigenvalue weighted by Crippen LogP contribution is -2.10. The van der Waals surface area contributed by atoms with E-state index in [4.69, 9.17) is 5.11 Å². The van der Waals surface area contributed by atoms with Crippen LogP contribution in [0.4, 0.5) is 0 Å². The summed E-state index contributed by atoms with van der Waals surface area (Å²) < 4.78 is 0. The summed E-state index contributed by atoms with van der Waals surface area (Å²) in [4.78, 5) is 10.2. The summed E-state index contributed by atoms with van der Waals surface area (Å²) in [5, 5.41) is 8.37. The van der Waals surface area contributed by atoms with E-state index in [1.54, 1.807) is 0 Å². The van der Waals surface area contributed by atoms with Crippen molar-refractivity contribution in [3.05, 3.63) is 35.4 Å². The molecule has 1 rings (SSSR count). The van der Waals surface area contributed by atoms with E-state index in [0.717, 1.165) is 12.8 Å². The first-order valence-electron chi connectivity index (χ1n) is 5.77. The molecule has 0 spiro atoms. The predicted molar refractivity (Wildman–Crippen MR) is 67.6 cm³/mol. The number of aliphatic carboxylic acids is 1. The lowest BCUT2D eigenvalue weighted by atomic mass is 10.1. The van der Waals surface area contributed by atoms with Gasteiger partial charge in [0.05, 0.1) is 5.92 Å². The fraction of sp³-hybridized carbons (Fsp3) is 0.500. The molecule has 0 radical (unpaired) electrons. The molecular weight excluding hydrogens is 200 g/mol. The molecule has 90 valence electrons. The van der Waals surface area contributed by atoms with Crippen molar-refractivity contribution in [2.75, 3.05) is 0 Å². The Labute approximate surface area is 98.3 Å². The summed E-state index contributed by atoms with van der Waals surface area (Å²) in [5.74, 6) is -0.801. The number of aryl methyl sites for hydroxylation is 2. The van der Waals surface area contributed by atoms with Crippen LogP contribution in [0.2, 0.25) is 0 Å². The summed E-state index contributed by atoms with van der Waals surface area (Å²) in [6, 6.07) is 8.36. The molecule has 0 saturated carbocycles. The van der Waals surface area contributed by atoms with E-state index in [0.29, 0.717) is 0 Å². The summed E-state index contributed by atoms with van der Waals surface area (Å²) >= 11 is 0. The smallest absolute Gasteiger partial charge is 0.306 e. The molecule has 0 aliphatic heterocycles. The Bertz CT molecular complexity index is 293. The third kappa shape index (κ3) is 5.54. The van der Waals surface area contributed by atoms with Crippen LogP contribution >= 0.6 is 0 Å². The SMILES string of the molecule is CCC(CC)C(=O)O.Cc1ccccc1C. The fourth-order valence-electron chi connectivity index (χ4n) is 1.30. The van der Waals surface area contributed by atoms with E-state index in [1.165, 1.54) is 11.1 Å². The molecule has 0 amide bonds. The second kappa shape index (κ2) is 7.91. The van der Waals surface area contributed by atoms with Crippen LogP contribution in [0.5, 0.6) is 0 Å². The van der Waals surface area contributed by atoms with Crippen LogP contribution in [0.1, 0.15) is 37.8 Å². The maximum Gasteiger partial charge on any atom is 0.306 e. The molecule has 1 aromatic carbocycles. The van der Waals surface area contributed by atoms with Crippen LogP contribution < -0.4 is 0 Å². The van der Waals surface area contributed by atoms with E-state index < -0.39 is 5.97 Å². The normalized spacial score (nSPS) is 9.56. The number of carboxylic acid groups (broad SMARTS) is 1. The van der Waals surface area contributed by atoms with Crippen LogP contribution in [-0.4, -0.2) is 11.1 Å². The van der Waals surface area contributed by atoms with Crippen LogP contribution in [0.25, 0.3) is 0 Å². The van der Waals surface area contributed by atoms with E-state index in [9.17, 15) is 4.79 Å². The van der Waals surface area contributed by atoms with Crippen LogP contribution in [-0.2, 0) is 4.79 Å². The van der Waals surface area contributed by atoms with E-state index in [1.807, 2.05) is 13.8 Å². The van der Waals surface area contributed by atoms with Crippen LogP contribution in [0, 0.1) is 19.8 Å². The van der Waals surface area contributed by atoms with Gasteiger partial charge in [-0.05, 0) is 37.8 Å². The molecule has 0 atom stereocenters. The minimum absolute atomic E-state index is 0.130. The largest absolute Gasteiger partial charge is 0.481 e. The predicted octanol–water partition coefficient (Wildman–Crippen LogP) is 3.81. The highest BCUT2D eigenvalue weighted by Gasteiger charge is 2.10. The molecule has 2 heteroatoms. The second-order valence-corrected chi connectivity index (χ2v) is 3.94. The Morgan fingerprint density at radius 3 is 1.62 bits per heavy atom. The maximum absolute atomic E-state index is 10.2. The number of carbonyl (C=O) groups is 1. The molecule has 0 heterocycles. The van der Waals surface area contributed by atoms with Crippen molar-refractivity contribution in [1.29, 1.82) is 0 Å². The second-order valence-electron chi connectivity index (χ2n) is 3.94. The van der Waals surface area contributed by atoms with Gasteiger partial charge in [0.25, 0.3) is 0 Å². The van der Waals surface area contributed by atoms with Crippen molar-refractivity contribution >= 4 is 5.97 Å². The van der Waals surface area contributed by atoms with Gasteiger partial charge in [-0.3, -0.25) is 4.79 Å². The lowest BCUT2D eigenvalue weighted by Gasteiger charge is -2.02. The minimum Gasteiger partial charge on any atom is -0.481 e. The fourth-order valence-corrected chi connectivity index (χ4v) is 1.30. The summed E-state index contributed by atoms with van der Waals surface area (Å²) in [6.07, 6.45) is 1.48. The average Bonchev–Trinajstić information content (AvgIpc) is 2.25. The Balaban J connectivity index is 0.000000281. The molecule has 0 aliphatic rings. The number of hydrogen-bond donors (Lipinski definition) is 1. The Kier molecular flexibility index (Phi) is 7.27. The highest BCUT2D eigenvalue weighted by molar-refractivity contribution is 5.69. The first-order chi connectivity index (χ1) is 7.52. The molecule has 0 aliphatic carbocycles. The monoisotopic (exact) mass is 222 g/mol. The van der Waals surface area contributed by atoms with Gasteiger partial charge in [0, 0.05) is 0 Å². The van der Waals surface area contributed by atoms with Gasteiger partial charge in [0.1, 0.15) is 0 Å². The van der Waals surface area contributed by atoms with Crippen LogP contribution in [0.15, 0.2) is 24.3 Å². The first-order valence-corrected chi connectivity index (χ1v) is 5.77. The zero-order valence-electron chi connectivity index (χ0n) is 10.7. The summed E-state index contributed by atoms with van der Waals surface area (Å²) in [5.41, 5.74) is 2.74. The highest BCUT2D eigenvalue weighted by Crippen LogP contribution is 2.05. The van der Waals surface area contributed by atoms with Gasteiger partial charge in [0.2, 0.25) is 0 Å². The quantitative estimate of drug-likeness (QED) is 0.844. The highest BCUT2D eigenvalue weighted by atomic mass is 16.4. The van der Waals surface area contributed by atoms with Crippen molar-refractivity contribution in [2.45, 2.75) is 40.5 Å². The Morgan fingerprint density at radius 1 is 1.12 bits per heavy atom. The molecule has 0 fully saturated rings. The Morgan fingerprint density at radius 2 is 1.50 bits per heavy atom. The van der Waals surface area contributed by atoms with Crippen molar-refractivity contribution in [2.24, 2.45) is 5.92 Å². The van der Waals surface area contributed by atoms with Gasteiger partial charge in [-0.15, -0.1) is 0 Å². The van der Waals surface area contributed by atoms with E-state index in [2.05, 4.69) is 38.1 Å². The van der Waals surface area contributed by atoms with Gasteiger partial charge in [-0.2, -0.15) is 0 Å². The molecule has 0 saturated heterocycles. The van der Waals surface area contributed by atoms with Gasteiger partial charge >= 0.3 is 5.97 Å². The topological polar surface area (TPSA) is 37.3 Å². The molecule has 1 aromatic rings. The van der Waals surface area contributed by atoms with Gasteiger partial charge in [-0.1, -0.05) is 38.1 Å². The first kappa shape index (κ1) is 14.7. The molecule has 0 unspecified atom stereocenters. The molecule has 2 nitrogen and oxygen atoms in total. The molecule has 0 bridgehead atoms. The number of benzene rings is 1. The number of carboxylic acids is 1. The van der Waals surface area contributed by atoms with Crippen molar-refractivity contribution in [1.82, 2.24) is 0 Å². The summed E-state index contributed by atoms with van der Waals surface area (Å²) in [6.45, 7) is 8.02. The number of rotatable bonds is 3. The lowest BCUT2D eigenvalue weighted by molar-refractivity contribution is -0.141. The maximum atomic E-state index is 10.2. The third-order valence-corrected chi connectivity index (χ3v) is 2.76. The van der Waals surface area contributed by atoms with Crippen molar-refractivity contribution in [3.63, 3.8) is 0 Å². The average molecular weight is 222 g/mol. The van der Waals surface area contributed by atoms with Gasteiger partial charge in [-0.25, -0.2) is 0 Å². The zero-order chi connectivity index (χ0) is 12.6. The number of hydrogen-bond acceptors (Lipinski definition) is 1. The van der Waals surface area contributed by atoms with Crippen LogP contribution in [0.3, 0.4) is 0 Å². The standard InChI is InChI=1S/C8H10.C6H12O2/c1-7-5-3-4-6-8(7)2;1-3-5(4-2)6(7)8/h3-6H,1-2H3;5H,3-4H2,1-2H3,(H,7,8). The molecule has 16 heavy (non-hydrogen) atoms. The van der Waals surface area contributed by atoms with E-state index in [-0.39, 0.29) is 5.92 Å². The van der Waals surface area contributed by atoms with Gasteiger partial charge in [0.15, 0.2) is 0 Å². The van der Waals surface area contributed by atoms with E-state index >= 15 is 0 Å².